The normalized spacial score (nSPS) is 24.9. The SMILES string of the molecule is CC1CCC(CNC(C)c2nc3ccccc3[nH]2)CC1. The van der Waals surface area contributed by atoms with Gasteiger partial charge < -0.3 is 10.3 Å². The smallest absolute Gasteiger partial charge is 0.124 e. The Morgan fingerprint density at radius 1 is 1.25 bits per heavy atom. The molecule has 1 aliphatic rings. The van der Waals surface area contributed by atoms with Crippen molar-refractivity contribution in [2.24, 2.45) is 11.8 Å². The first kappa shape index (κ1) is 13.6. The summed E-state index contributed by atoms with van der Waals surface area (Å²) in [6, 6.07) is 8.52. The molecule has 0 spiro atoms. The Hall–Kier alpha value is -1.35. The molecule has 3 rings (SSSR count). The van der Waals surface area contributed by atoms with E-state index in [1.807, 2.05) is 12.1 Å². The molecule has 1 heterocycles. The molecular formula is C17H25N3. The van der Waals surface area contributed by atoms with Crippen LogP contribution in [-0.2, 0) is 0 Å². The van der Waals surface area contributed by atoms with Crippen molar-refractivity contribution in [3.8, 4) is 0 Å². The molecule has 1 fully saturated rings. The van der Waals surface area contributed by atoms with E-state index in [4.69, 9.17) is 0 Å². The third-order valence-electron chi connectivity index (χ3n) is 4.67. The Balaban J connectivity index is 1.57. The number of fused-ring (bicyclic) bond motifs is 1. The van der Waals surface area contributed by atoms with Crippen LogP contribution in [0.1, 0.15) is 51.4 Å². The van der Waals surface area contributed by atoms with Gasteiger partial charge in [0.05, 0.1) is 17.1 Å². The minimum absolute atomic E-state index is 0.293. The number of nitrogens with zero attached hydrogens (tertiary/aromatic N) is 1. The fourth-order valence-electron chi connectivity index (χ4n) is 3.15. The van der Waals surface area contributed by atoms with Gasteiger partial charge in [-0.05, 0) is 50.3 Å². The summed E-state index contributed by atoms with van der Waals surface area (Å²) in [5, 5.41) is 3.65. The summed E-state index contributed by atoms with van der Waals surface area (Å²) in [5.41, 5.74) is 2.19. The maximum Gasteiger partial charge on any atom is 0.124 e. The lowest BCUT2D eigenvalue weighted by Crippen LogP contribution is -2.28. The van der Waals surface area contributed by atoms with E-state index >= 15 is 0 Å². The zero-order valence-corrected chi connectivity index (χ0v) is 12.5. The first-order valence-corrected chi connectivity index (χ1v) is 7.90. The highest BCUT2D eigenvalue weighted by atomic mass is 15.0. The molecule has 20 heavy (non-hydrogen) atoms. The Bertz CT molecular complexity index is 519. The second-order valence-corrected chi connectivity index (χ2v) is 6.40. The van der Waals surface area contributed by atoms with Crippen LogP contribution < -0.4 is 5.32 Å². The number of benzene rings is 1. The van der Waals surface area contributed by atoms with Gasteiger partial charge in [-0.3, -0.25) is 0 Å². The van der Waals surface area contributed by atoms with Gasteiger partial charge in [0.2, 0.25) is 0 Å². The molecule has 3 nitrogen and oxygen atoms in total. The zero-order chi connectivity index (χ0) is 13.9. The lowest BCUT2D eigenvalue weighted by Gasteiger charge is -2.27. The standard InChI is InChI=1S/C17H25N3/c1-12-7-9-14(10-8-12)11-18-13(2)17-19-15-5-3-4-6-16(15)20-17/h3-6,12-14,18H,7-11H2,1-2H3,(H,19,20). The van der Waals surface area contributed by atoms with E-state index in [0.29, 0.717) is 6.04 Å². The van der Waals surface area contributed by atoms with Crippen molar-refractivity contribution in [1.29, 1.82) is 0 Å². The van der Waals surface area contributed by atoms with Crippen molar-refractivity contribution in [2.75, 3.05) is 6.54 Å². The van der Waals surface area contributed by atoms with E-state index in [9.17, 15) is 0 Å². The summed E-state index contributed by atoms with van der Waals surface area (Å²) in [4.78, 5) is 8.09. The van der Waals surface area contributed by atoms with Crippen LogP contribution in [0.4, 0.5) is 0 Å². The van der Waals surface area contributed by atoms with Crippen LogP contribution in [-0.4, -0.2) is 16.5 Å². The Morgan fingerprint density at radius 2 is 2.00 bits per heavy atom. The van der Waals surface area contributed by atoms with E-state index in [-0.39, 0.29) is 0 Å². The van der Waals surface area contributed by atoms with Gasteiger partial charge in [-0.1, -0.05) is 31.9 Å². The van der Waals surface area contributed by atoms with Gasteiger partial charge >= 0.3 is 0 Å². The van der Waals surface area contributed by atoms with Gasteiger partial charge in [-0.25, -0.2) is 4.98 Å². The number of H-pyrrole nitrogens is 1. The molecule has 1 aliphatic carbocycles. The molecule has 2 aromatic rings. The van der Waals surface area contributed by atoms with Crippen molar-refractivity contribution in [3.63, 3.8) is 0 Å². The van der Waals surface area contributed by atoms with Crippen molar-refractivity contribution < 1.29 is 0 Å². The monoisotopic (exact) mass is 271 g/mol. The number of para-hydroxylation sites is 2. The van der Waals surface area contributed by atoms with E-state index in [1.165, 1.54) is 25.7 Å². The molecule has 0 amide bonds. The molecule has 0 radical (unpaired) electrons. The van der Waals surface area contributed by atoms with E-state index in [2.05, 4.69) is 41.3 Å². The highest BCUT2D eigenvalue weighted by Gasteiger charge is 2.19. The molecule has 1 aromatic heterocycles. The Labute approximate surface area is 121 Å². The van der Waals surface area contributed by atoms with Crippen LogP contribution in [0.2, 0.25) is 0 Å². The average molecular weight is 271 g/mol. The summed E-state index contributed by atoms with van der Waals surface area (Å²) < 4.78 is 0. The second kappa shape index (κ2) is 5.96. The maximum absolute atomic E-state index is 4.67. The first-order valence-electron chi connectivity index (χ1n) is 7.90. The van der Waals surface area contributed by atoms with Crippen LogP contribution >= 0.6 is 0 Å². The van der Waals surface area contributed by atoms with Crippen molar-refractivity contribution in [3.05, 3.63) is 30.1 Å². The maximum atomic E-state index is 4.67. The number of nitrogens with one attached hydrogen (secondary N) is 2. The summed E-state index contributed by atoms with van der Waals surface area (Å²) >= 11 is 0. The van der Waals surface area contributed by atoms with Gasteiger partial charge in [-0.15, -0.1) is 0 Å². The predicted octanol–water partition coefficient (Wildman–Crippen LogP) is 4.04. The van der Waals surface area contributed by atoms with Crippen molar-refractivity contribution in [1.82, 2.24) is 15.3 Å². The highest BCUT2D eigenvalue weighted by molar-refractivity contribution is 5.74. The number of aromatic nitrogens is 2. The lowest BCUT2D eigenvalue weighted by molar-refractivity contribution is 0.275. The number of imidazole rings is 1. The van der Waals surface area contributed by atoms with Gasteiger partial charge in [0.25, 0.3) is 0 Å². The third-order valence-corrected chi connectivity index (χ3v) is 4.67. The van der Waals surface area contributed by atoms with Crippen LogP contribution in [0.15, 0.2) is 24.3 Å². The fourth-order valence-corrected chi connectivity index (χ4v) is 3.15. The van der Waals surface area contributed by atoms with Crippen LogP contribution in [0.25, 0.3) is 11.0 Å². The molecule has 0 saturated heterocycles. The minimum Gasteiger partial charge on any atom is -0.341 e. The fraction of sp³-hybridized carbons (Fsp3) is 0.588. The van der Waals surface area contributed by atoms with Crippen LogP contribution in [0.5, 0.6) is 0 Å². The summed E-state index contributed by atoms with van der Waals surface area (Å²) in [5.74, 6) is 2.83. The number of hydrogen-bond acceptors (Lipinski definition) is 2. The van der Waals surface area contributed by atoms with Gasteiger partial charge in [0, 0.05) is 0 Å². The van der Waals surface area contributed by atoms with Gasteiger partial charge in [0.1, 0.15) is 5.82 Å². The largest absolute Gasteiger partial charge is 0.341 e. The molecule has 0 bridgehead atoms. The predicted molar refractivity (Wildman–Crippen MR) is 83.6 cm³/mol. The Kier molecular flexibility index (Phi) is 4.06. The first-order chi connectivity index (χ1) is 9.72. The average Bonchev–Trinajstić information content (AvgIpc) is 2.90. The summed E-state index contributed by atoms with van der Waals surface area (Å²) in [6.45, 7) is 5.69. The number of rotatable bonds is 4. The van der Waals surface area contributed by atoms with E-state index in [0.717, 1.165) is 35.2 Å². The van der Waals surface area contributed by atoms with Crippen molar-refractivity contribution >= 4 is 11.0 Å². The number of hydrogen-bond donors (Lipinski definition) is 2. The van der Waals surface area contributed by atoms with E-state index in [1.54, 1.807) is 0 Å². The van der Waals surface area contributed by atoms with Crippen LogP contribution in [0, 0.1) is 11.8 Å². The zero-order valence-electron chi connectivity index (χ0n) is 12.5. The Morgan fingerprint density at radius 3 is 2.75 bits per heavy atom. The lowest BCUT2D eigenvalue weighted by atomic mass is 9.83. The molecule has 108 valence electrons. The minimum atomic E-state index is 0.293. The second-order valence-electron chi connectivity index (χ2n) is 6.40. The topological polar surface area (TPSA) is 40.7 Å². The molecule has 3 heteroatoms. The molecule has 1 aromatic carbocycles. The number of aromatic amines is 1. The van der Waals surface area contributed by atoms with Crippen molar-refractivity contribution in [2.45, 2.75) is 45.6 Å². The van der Waals surface area contributed by atoms with Gasteiger partial charge in [-0.2, -0.15) is 0 Å². The quantitative estimate of drug-likeness (QED) is 0.881. The molecule has 1 atom stereocenters. The molecule has 0 aliphatic heterocycles. The van der Waals surface area contributed by atoms with E-state index < -0.39 is 0 Å². The van der Waals surface area contributed by atoms with Crippen LogP contribution in [0.3, 0.4) is 0 Å². The van der Waals surface area contributed by atoms with Gasteiger partial charge in [0.15, 0.2) is 0 Å². The molecule has 1 unspecified atom stereocenters. The molecule has 1 saturated carbocycles. The molecular weight excluding hydrogens is 246 g/mol. The highest BCUT2D eigenvalue weighted by Crippen LogP contribution is 2.28. The summed E-state index contributed by atoms with van der Waals surface area (Å²) in [6.07, 6.45) is 5.54. The third kappa shape index (κ3) is 3.04. The molecule has 2 N–H and O–H groups in total. The summed E-state index contributed by atoms with van der Waals surface area (Å²) in [7, 11) is 0.